The number of hydrogen-bond donors (Lipinski definition) is 2. The van der Waals surface area contributed by atoms with E-state index >= 15 is 0 Å². The van der Waals surface area contributed by atoms with E-state index in [1.807, 2.05) is 14.0 Å². The summed E-state index contributed by atoms with van der Waals surface area (Å²) in [6.45, 7) is 4.38. The molecule has 2 rings (SSSR count). The van der Waals surface area contributed by atoms with Gasteiger partial charge in [-0.2, -0.15) is 0 Å². The van der Waals surface area contributed by atoms with Gasteiger partial charge in [0.15, 0.2) is 0 Å². The van der Waals surface area contributed by atoms with Crippen molar-refractivity contribution in [2.75, 3.05) is 37.1 Å². The molecule has 1 aliphatic rings. The number of anilines is 2. The van der Waals surface area contributed by atoms with Crippen LogP contribution in [0, 0.1) is 12.8 Å². The molecule has 0 saturated heterocycles. The minimum Gasteiger partial charge on any atom is -0.379 e. The molecule has 6 heteroatoms. The molecule has 1 saturated carbocycles. The summed E-state index contributed by atoms with van der Waals surface area (Å²) >= 11 is 0. The number of hydrogen-bond acceptors (Lipinski definition) is 6. The minimum absolute atomic E-state index is 0.658. The van der Waals surface area contributed by atoms with Gasteiger partial charge < -0.3 is 15.1 Å². The summed E-state index contributed by atoms with van der Waals surface area (Å²) < 4.78 is 5.62. The molecule has 0 amide bonds. The Morgan fingerprint density at radius 1 is 1.50 bits per heavy atom. The maximum Gasteiger partial charge on any atom is 0.148 e. The molecule has 100 valence electrons. The van der Waals surface area contributed by atoms with E-state index in [9.17, 15) is 0 Å². The van der Waals surface area contributed by atoms with Crippen molar-refractivity contribution < 1.29 is 4.74 Å². The van der Waals surface area contributed by atoms with Crippen molar-refractivity contribution in [2.24, 2.45) is 11.8 Å². The second kappa shape index (κ2) is 5.97. The lowest BCUT2D eigenvalue weighted by Gasteiger charge is -2.20. The van der Waals surface area contributed by atoms with Crippen molar-refractivity contribution in [3.05, 3.63) is 11.9 Å². The Labute approximate surface area is 108 Å². The molecule has 0 radical (unpaired) electrons. The Balaban J connectivity index is 1.84. The number of nitrogens with two attached hydrogens (primary N) is 1. The van der Waals surface area contributed by atoms with Gasteiger partial charge in [0.2, 0.25) is 0 Å². The number of nitrogens with one attached hydrogen (secondary N) is 1. The van der Waals surface area contributed by atoms with Crippen LogP contribution in [0.4, 0.5) is 11.6 Å². The van der Waals surface area contributed by atoms with Gasteiger partial charge in [-0.05, 0) is 25.7 Å². The van der Waals surface area contributed by atoms with Gasteiger partial charge in [0.05, 0.1) is 6.61 Å². The summed E-state index contributed by atoms with van der Waals surface area (Å²) in [7, 11) is 2.00. The molecular weight excluding hydrogens is 230 g/mol. The average Bonchev–Trinajstić information content (AvgIpc) is 3.18. The molecule has 1 heterocycles. The molecule has 18 heavy (non-hydrogen) atoms. The highest BCUT2D eigenvalue weighted by atomic mass is 16.5. The molecule has 0 aromatic carbocycles. The van der Waals surface area contributed by atoms with Crippen LogP contribution >= 0.6 is 0 Å². The largest absolute Gasteiger partial charge is 0.379 e. The molecule has 3 N–H and O–H groups in total. The van der Waals surface area contributed by atoms with E-state index in [0.29, 0.717) is 5.82 Å². The van der Waals surface area contributed by atoms with E-state index in [-0.39, 0.29) is 0 Å². The first kappa shape index (κ1) is 13.0. The fourth-order valence-electron chi connectivity index (χ4n) is 1.81. The summed E-state index contributed by atoms with van der Waals surface area (Å²) in [4.78, 5) is 10.4. The van der Waals surface area contributed by atoms with Gasteiger partial charge >= 0.3 is 0 Å². The number of rotatable bonds is 7. The topological polar surface area (TPSA) is 76.3 Å². The van der Waals surface area contributed by atoms with Crippen LogP contribution in [-0.2, 0) is 4.74 Å². The fraction of sp³-hybridized carbons (Fsp3) is 0.667. The van der Waals surface area contributed by atoms with E-state index < -0.39 is 0 Å². The number of nitrogen functional groups attached to an aromatic ring is 1. The predicted molar refractivity (Wildman–Crippen MR) is 71.4 cm³/mol. The summed E-state index contributed by atoms with van der Waals surface area (Å²) in [5.74, 6) is 7.75. The number of aromatic nitrogens is 2. The lowest BCUT2D eigenvalue weighted by Crippen LogP contribution is -2.25. The molecule has 0 spiro atoms. The van der Waals surface area contributed by atoms with Crippen molar-refractivity contribution in [2.45, 2.75) is 19.8 Å². The Morgan fingerprint density at radius 2 is 2.28 bits per heavy atom. The number of ether oxygens (including phenoxy) is 1. The Morgan fingerprint density at radius 3 is 2.94 bits per heavy atom. The highest BCUT2D eigenvalue weighted by Crippen LogP contribution is 2.28. The average molecular weight is 251 g/mol. The van der Waals surface area contributed by atoms with Crippen molar-refractivity contribution in [1.82, 2.24) is 9.97 Å². The molecule has 0 aliphatic heterocycles. The lowest BCUT2D eigenvalue weighted by atomic mass is 10.3. The third-order valence-corrected chi connectivity index (χ3v) is 3.18. The quantitative estimate of drug-likeness (QED) is 0.426. The second-order valence-electron chi connectivity index (χ2n) is 4.76. The minimum atomic E-state index is 0.658. The van der Waals surface area contributed by atoms with Gasteiger partial charge in [-0.15, -0.1) is 0 Å². The molecule has 0 atom stereocenters. The van der Waals surface area contributed by atoms with Crippen LogP contribution in [0.5, 0.6) is 0 Å². The highest BCUT2D eigenvalue weighted by Gasteiger charge is 2.21. The van der Waals surface area contributed by atoms with Crippen LogP contribution < -0.4 is 16.2 Å². The fourth-order valence-corrected chi connectivity index (χ4v) is 1.81. The van der Waals surface area contributed by atoms with Gasteiger partial charge in [0.1, 0.15) is 18.0 Å². The van der Waals surface area contributed by atoms with Crippen LogP contribution in [0.2, 0.25) is 0 Å². The zero-order chi connectivity index (χ0) is 13.0. The number of likely N-dealkylation sites (N-methyl/N-ethyl adjacent to an activating group) is 1. The molecule has 0 unspecified atom stereocenters. The summed E-state index contributed by atoms with van der Waals surface area (Å²) in [5.41, 5.74) is 3.52. The zero-order valence-electron chi connectivity index (χ0n) is 11.0. The van der Waals surface area contributed by atoms with Crippen LogP contribution in [0.15, 0.2) is 6.33 Å². The molecule has 1 aliphatic carbocycles. The first-order valence-corrected chi connectivity index (χ1v) is 6.29. The Bertz CT molecular complexity index is 394. The summed E-state index contributed by atoms with van der Waals surface area (Å²) in [5, 5.41) is 0. The van der Waals surface area contributed by atoms with Crippen molar-refractivity contribution in [1.29, 1.82) is 0 Å². The second-order valence-corrected chi connectivity index (χ2v) is 4.76. The van der Waals surface area contributed by atoms with Crippen LogP contribution in [0.25, 0.3) is 0 Å². The van der Waals surface area contributed by atoms with Crippen LogP contribution in [-0.4, -0.2) is 36.8 Å². The van der Waals surface area contributed by atoms with Gasteiger partial charge in [0, 0.05) is 25.8 Å². The van der Waals surface area contributed by atoms with Crippen LogP contribution in [0.1, 0.15) is 18.4 Å². The first-order valence-electron chi connectivity index (χ1n) is 6.29. The Hall–Kier alpha value is -1.40. The molecule has 6 nitrogen and oxygen atoms in total. The molecule has 1 aromatic heterocycles. The predicted octanol–water partition coefficient (Wildman–Crippen LogP) is 0.933. The lowest BCUT2D eigenvalue weighted by molar-refractivity contribution is 0.130. The third kappa shape index (κ3) is 3.30. The van der Waals surface area contributed by atoms with E-state index in [1.165, 1.54) is 19.2 Å². The third-order valence-electron chi connectivity index (χ3n) is 3.18. The number of nitrogens with zero attached hydrogens (tertiary/aromatic N) is 3. The van der Waals surface area contributed by atoms with E-state index in [4.69, 9.17) is 10.6 Å². The molecular formula is C12H21N5O. The first-order chi connectivity index (χ1) is 8.72. The van der Waals surface area contributed by atoms with Gasteiger partial charge in [-0.1, -0.05) is 0 Å². The maximum atomic E-state index is 5.62. The van der Waals surface area contributed by atoms with Crippen molar-refractivity contribution >= 4 is 11.6 Å². The standard InChI is InChI=1S/C12H21N5O/c1-9-11(16-13)14-8-15-12(9)17(2)5-6-18-7-10-3-4-10/h8,10H,3-7,13H2,1-2H3,(H,14,15,16). The van der Waals surface area contributed by atoms with Crippen LogP contribution in [0.3, 0.4) is 0 Å². The van der Waals surface area contributed by atoms with E-state index in [2.05, 4.69) is 20.3 Å². The zero-order valence-corrected chi connectivity index (χ0v) is 11.0. The SMILES string of the molecule is Cc1c(NN)ncnc1N(C)CCOCC1CC1. The van der Waals surface area contributed by atoms with Crippen molar-refractivity contribution in [3.8, 4) is 0 Å². The monoisotopic (exact) mass is 251 g/mol. The van der Waals surface area contributed by atoms with Gasteiger partial charge in [-0.25, -0.2) is 15.8 Å². The number of hydrazine groups is 1. The van der Waals surface area contributed by atoms with E-state index in [0.717, 1.165) is 37.1 Å². The summed E-state index contributed by atoms with van der Waals surface area (Å²) in [6, 6.07) is 0. The summed E-state index contributed by atoms with van der Waals surface area (Å²) in [6.07, 6.45) is 4.16. The van der Waals surface area contributed by atoms with E-state index in [1.54, 1.807) is 0 Å². The Kier molecular flexibility index (Phi) is 4.33. The molecule has 0 bridgehead atoms. The van der Waals surface area contributed by atoms with Gasteiger partial charge in [-0.3, -0.25) is 0 Å². The highest BCUT2D eigenvalue weighted by molar-refractivity contribution is 5.56. The molecule has 1 aromatic rings. The maximum absolute atomic E-state index is 5.62. The van der Waals surface area contributed by atoms with Crippen molar-refractivity contribution in [3.63, 3.8) is 0 Å². The smallest absolute Gasteiger partial charge is 0.148 e. The normalized spacial score (nSPS) is 14.6. The molecule has 1 fully saturated rings. The van der Waals surface area contributed by atoms with Gasteiger partial charge in [0.25, 0.3) is 0 Å².